The summed E-state index contributed by atoms with van der Waals surface area (Å²) < 4.78 is 27.2. The highest BCUT2D eigenvalue weighted by atomic mass is 32.2. The van der Waals surface area contributed by atoms with Crippen LogP contribution in [0, 0.1) is 6.92 Å². The lowest BCUT2D eigenvalue weighted by Crippen LogP contribution is -2.15. The first kappa shape index (κ1) is 14.9. The van der Waals surface area contributed by atoms with E-state index in [-0.39, 0.29) is 10.0 Å². The van der Waals surface area contributed by atoms with Crippen LogP contribution in [0.1, 0.15) is 23.1 Å². The summed E-state index contributed by atoms with van der Waals surface area (Å²) in [5, 5.41) is 8.78. The van der Waals surface area contributed by atoms with Crippen LogP contribution in [0.15, 0.2) is 23.1 Å². The SMILES string of the molecule is CCc1nnc(NS(=O)(=O)c2cc(CN)ccc2C)s1. The summed E-state index contributed by atoms with van der Waals surface area (Å²) in [6.07, 6.45) is 0.723. The Labute approximate surface area is 122 Å². The second-order valence-electron chi connectivity index (χ2n) is 4.26. The maximum Gasteiger partial charge on any atom is 0.263 e. The molecule has 0 saturated carbocycles. The van der Waals surface area contributed by atoms with Crippen molar-refractivity contribution in [3.8, 4) is 0 Å². The van der Waals surface area contributed by atoms with Crippen molar-refractivity contribution in [2.45, 2.75) is 31.7 Å². The van der Waals surface area contributed by atoms with Crippen LogP contribution in [-0.2, 0) is 23.0 Å². The predicted molar refractivity (Wildman–Crippen MR) is 79.2 cm³/mol. The Kier molecular flexibility index (Phi) is 4.36. The van der Waals surface area contributed by atoms with Crippen molar-refractivity contribution in [3.63, 3.8) is 0 Å². The van der Waals surface area contributed by atoms with Crippen molar-refractivity contribution in [2.75, 3.05) is 4.72 Å². The highest BCUT2D eigenvalue weighted by molar-refractivity contribution is 7.93. The molecule has 1 aromatic carbocycles. The van der Waals surface area contributed by atoms with Gasteiger partial charge in [0.2, 0.25) is 5.13 Å². The fraction of sp³-hybridized carbons (Fsp3) is 0.333. The normalized spacial score (nSPS) is 11.6. The minimum Gasteiger partial charge on any atom is -0.326 e. The fourth-order valence-corrected chi connectivity index (χ4v) is 3.87. The van der Waals surface area contributed by atoms with Gasteiger partial charge in [0.05, 0.1) is 4.90 Å². The number of nitrogens with two attached hydrogens (primary N) is 1. The standard InChI is InChI=1S/C12H16N4O2S2/c1-3-11-14-15-12(19-11)16-20(17,18)10-6-9(7-13)5-4-8(10)2/h4-6H,3,7,13H2,1-2H3,(H,15,16). The van der Waals surface area contributed by atoms with Crippen molar-refractivity contribution < 1.29 is 8.42 Å². The van der Waals surface area contributed by atoms with Gasteiger partial charge in [-0.15, -0.1) is 10.2 Å². The van der Waals surface area contributed by atoms with Crippen LogP contribution >= 0.6 is 11.3 Å². The first-order chi connectivity index (χ1) is 9.46. The Morgan fingerprint density at radius 2 is 2.10 bits per heavy atom. The van der Waals surface area contributed by atoms with Gasteiger partial charge < -0.3 is 5.73 Å². The number of aromatic nitrogens is 2. The Morgan fingerprint density at radius 3 is 2.70 bits per heavy atom. The number of nitrogens with one attached hydrogen (secondary N) is 1. The molecule has 108 valence electrons. The van der Waals surface area contributed by atoms with Gasteiger partial charge in [-0.25, -0.2) is 8.42 Å². The smallest absolute Gasteiger partial charge is 0.263 e. The summed E-state index contributed by atoms with van der Waals surface area (Å²) >= 11 is 1.23. The quantitative estimate of drug-likeness (QED) is 0.875. The van der Waals surface area contributed by atoms with Crippen LogP contribution in [0.5, 0.6) is 0 Å². The lowest BCUT2D eigenvalue weighted by molar-refractivity contribution is 0.600. The van der Waals surface area contributed by atoms with Crippen LogP contribution in [0.2, 0.25) is 0 Å². The molecule has 2 aromatic rings. The minimum atomic E-state index is -3.67. The number of aryl methyl sites for hydroxylation is 2. The van der Waals surface area contributed by atoms with Crippen molar-refractivity contribution >= 4 is 26.5 Å². The van der Waals surface area contributed by atoms with E-state index in [1.807, 2.05) is 13.0 Å². The number of hydrogen-bond acceptors (Lipinski definition) is 6. The first-order valence-corrected chi connectivity index (χ1v) is 8.41. The van der Waals surface area contributed by atoms with Gasteiger partial charge in [0, 0.05) is 6.54 Å². The number of sulfonamides is 1. The summed E-state index contributed by atoms with van der Waals surface area (Å²) in [6, 6.07) is 5.14. The van der Waals surface area contributed by atoms with Gasteiger partial charge in [0.1, 0.15) is 5.01 Å². The number of benzene rings is 1. The summed E-state index contributed by atoms with van der Waals surface area (Å²) in [6.45, 7) is 3.97. The van der Waals surface area contributed by atoms with E-state index in [1.54, 1.807) is 19.1 Å². The van der Waals surface area contributed by atoms with E-state index >= 15 is 0 Å². The van der Waals surface area contributed by atoms with Crippen LogP contribution in [0.25, 0.3) is 0 Å². The Morgan fingerprint density at radius 1 is 1.35 bits per heavy atom. The minimum absolute atomic E-state index is 0.216. The van der Waals surface area contributed by atoms with Crippen LogP contribution in [-0.4, -0.2) is 18.6 Å². The van der Waals surface area contributed by atoms with Crippen LogP contribution in [0.4, 0.5) is 5.13 Å². The Balaban J connectivity index is 2.34. The lowest BCUT2D eigenvalue weighted by Gasteiger charge is -2.09. The van der Waals surface area contributed by atoms with Crippen molar-refractivity contribution in [2.24, 2.45) is 5.73 Å². The summed E-state index contributed by atoms with van der Waals surface area (Å²) in [5.41, 5.74) is 6.98. The molecule has 0 unspecified atom stereocenters. The van der Waals surface area contributed by atoms with Gasteiger partial charge >= 0.3 is 0 Å². The molecule has 0 saturated heterocycles. The number of anilines is 1. The maximum atomic E-state index is 12.4. The Bertz CT molecular complexity index is 710. The summed E-state index contributed by atoms with van der Waals surface area (Å²) in [7, 11) is -3.67. The average molecular weight is 312 g/mol. The Hall–Kier alpha value is -1.51. The molecule has 0 aliphatic carbocycles. The second kappa shape index (κ2) is 5.86. The monoisotopic (exact) mass is 312 g/mol. The maximum absolute atomic E-state index is 12.4. The lowest BCUT2D eigenvalue weighted by atomic mass is 10.1. The van der Waals surface area contributed by atoms with E-state index < -0.39 is 10.0 Å². The van der Waals surface area contributed by atoms with Crippen LogP contribution in [0.3, 0.4) is 0 Å². The molecule has 0 aliphatic rings. The van der Waals surface area contributed by atoms with Crippen LogP contribution < -0.4 is 10.5 Å². The molecule has 6 nitrogen and oxygen atoms in total. The molecule has 0 fully saturated rings. The zero-order chi connectivity index (χ0) is 14.8. The number of nitrogens with zero attached hydrogens (tertiary/aromatic N) is 2. The van der Waals surface area contributed by atoms with E-state index in [4.69, 9.17) is 5.73 Å². The molecule has 2 rings (SSSR count). The summed E-state index contributed by atoms with van der Waals surface area (Å²) in [4.78, 5) is 0.216. The zero-order valence-corrected chi connectivity index (χ0v) is 12.9. The number of rotatable bonds is 5. The molecule has 8 heteroatoms. The van der Waals surface area contributed by atoms with E-state index in [0.29, 0.717) is 12.1 Å². The molecule has 0 radical (unpaired) electrons. The molecular formula is C12H16N4O2S2. The molecule has 0 spiro atoms. The molecule has 0 atom stereocenters. The predicted octanol–water partition coefficient (Wildman–Crippen LogP) is 1.67. The van der Waals surface area contributed by atoms with Crippen molar-refractivity contribution in [1.82, 2.24) is 10.2 Å². The zero-order valence-electron chi connectivity index (χ0n) is 11.3. The van der Waals surface area contributed by atoms with Gasteiger partial charge in [0.15, 0.2) is 0 Å². The van der Waals surface area contributed by atoms with Gasteiger partial charge in [-0.1, -0.05) is 30.4 Å². The third kappa shape index (κ3) is 3.14. The van der Waals surface area contributed by atoms with E-state index in [1.165, 1.54) is 11.3 Å². The second-order valence-corrected chi connectivity index (χ2v) is 6.98. The summed E-state index contributed by atoms with van der Waals surface area (Å²) in [5.74, 6) is 0. The van der Waals surface area contributed by atoms with E-state index in [0.717, 1.165) is 17.0 Å². The molecule has 1 aromatic heterocycles. The average Bonchev–Trinajstić information content (AvgIpc) is 2.86. The van der Waals surface area contributed by atoms with Gasteiger partial charge in [-0.3, -0.25) is 4.72 Å². The third-order valence-corrected chi connectivity index (χ3v) is 5.36. The van der Waals surface area contributed by atoms with Crippen molar-refractivity contribution in [3.05, 3.63) is 34.3 Å². The van der Waals surface area contributed by atoms with Crippen molar-refractivity contribution in [1.29, 1.82) is 0 Å². The molecule has 0 amide bonds. The molecule has 0 aliphatic heterocycles. The highest BCUT2D eigenvalue weighted by Crippen LogP contribution is 2.23. The van der Waals surface area contributed by atoms with E-state index in [2.05, 4.69) is 14.9 Å². The number of hydrogen-bond donors (Lipinski definition) is 2. The largest absolute Gasteiger partial charge is 0.326 e. The molecule has 20 heavy (non-hydrogen) atoms. The van der Waals surface area contributed by atoms with E-state index in [9.17, 15) is 8.42 Å². The highest BCUT2D eigenvalue weighted by Gasteiger charge is 2.19. The topological polar surface area (TPSA) is 98.0 Å². The van der Waals surface area contributed by atoms with Gasteiger partial charge in [0.25, 0.3) is 10.0 Å². The van der Waals surface area contributed by atoms with Gasteiger partial charge in [-0.2, -0.15) is 0 Å². The molecule has 0 bridgehead atoms. The first-order valence-electron chi connectivity index (χ1n) is 6.11. The third-order valence-electron chi connectivity index (χ3n) is 2.77. The molecular weight excluding hydrogens is 296 g/mol. The molecule has 3 N–H and O–H groups in total. The van der Waals surface area contributed by atoms with Gasteiger partial charge in [-0.05, 0) is 30.5 Å². The fourth-order valence-electron chi connectivity index (χ4n) is 1.67. The molecule has 1 heterocycles.